The minimum atomic E-state index is -4.34. The molecule has 2 nitrogen and oxygen atoms in total. The summed E-state index contributed by atoms with van der Waals surface area (Å²) < 4.78 is 37.4. The minimum Gasteiger partial charge on any atom is -0.396 e. The highest BCUT2D eigenvalue weighted by Gasteiger charge is 2.32. The second-order valence-corrected chi connectivity index (χ2v) is 3.93. The van der Waals surface area contributed by atoms with Gasteiger partial charge < -0.3 is 10.1 Å². The van der Waals surface area contributed by atoms with Crippen LogP contribution in [0.15, 0.2) is 24.3 Å². The fraction of sp³-hybridized carbons (Fsp3) is 0.333. The van der Waals surface area contributed by atoms with Crippen LogP contribution >= 0.6 is 0 Å². The summed E-state index contributed by atoms with van der Waals surface area (Å²) in [6, 6.07) is 6.24. The number of halogens is 3. The highest BCUT2D eigenvalue weighted by Crippen LogP contribution is 2.31. The number of rotatable bonds is 3. The first-order valence-electron chi connectivity index (χ1n) is 5.30. The molecule has 0 aliphatic heterocycles. The number of aryl methyl sites for hydroxylation is 1. The van der Waals surface area contributed by atoms with Crippen LogP contribution in [-0.2, 0) is 12.6 Å². The van der Waals surface area contributed by atoms with Crippen LogP contribution in [0, 0.1) is 0 Å². The number of aliphatic hydroxyl groups excluding tert-OH is 1. The topological polar surface area (TPSA) is 36.0 Å². The van der Waals surface area contributed by atoms with Crippen LogP contribution in [0.5, 0.6) is 0 Å². The van der Waals surface area contributed by atoms with E-state index in [-0.39, 0.29) is 6.61 Å². The molecule has 0 fully saturated rings. The molecule has 2 N–H and O–H groups in total. The lowest BCUT2D eigenvalue weighted by Gasteiger charge is -2.00. The minimum absolute atomic E-state index is 0.0823. The van der Waals surface area contributed by atoms with Crippen LogP contribution in [0.2, 0.25) is 0 Å². The molecular weight excluding hydrogens is 231 g/mol. The third-order valence-corrected chi connectivity index (χ3v) is 2.61. The van der Waals surface area contributed by atoms with Gasteiger partial charge in [0, 0.05) is 17.5 Å². The quantitative estimate of drug-likeness (QED) is 0.853. The van der Waals surface area contributed by atoms with Crippen molar-refractivity contribution in [2.75, 3.05) is 6.61 Å². The fourth-order valence-corrected chi connectivity index (χ4v) is 1.77. The summed E-state index contributed by atoms with van der Waals surface area (Å²) in [5.74, 6) is 0. The van der Waals surface area contributed by atoms with Crippen molar-refractivity contribution in [1.82, 2.24) is 4.98 Å². The van der Waals surface area contributed by atoms with Gasteiger partial charge in [-0.25, -0.2) is 0 Å². The van der Waals surface area contributed by atoms with Gasteiger partial charge in [-0.3, -0.25) is 0 Å². The average molecular weight is 243 g/mol. The number of benzene rings is 1. The maximum atomic E-state index is 12.5. The first kappa shape index (κ1) is 12.0. The summed E-state index contributed by atoms with van der Waals surface area (Å²) in [5.41, 5.74) is 0.677. The van der Waals surface area contributed by atoms with E-state index < -0.39 is 11.9 Å². The Morgan fingerprint density at radius 3 is 2.59 bits per heavy atom. The van der Waals surface area contributed by atoms with E-state index in [1.165, 1.54) is 0 Å². The molecule has 1 aromatic carbocycles. The molecule has 0 spiro atoms. The molecule has 0 radical (unpaired) electrons. The van der Waals surface area contributed by atoms with Crippen LogP contribution in [0.25, 0.3) is 10.9 Å². The predicted octanol–water partition coefficient (Wildman–Crippen LogP) is 3.11. The van der Waals surface area contributed by atoms with Crippen molar-refractivity contribution in [3.63, 3.8) is 0 Å². The van der Waals surface area contributed by atoms with Gasteiger partial charge in [-0.2, -0.15) is 13.2 Å². The molecule has 0 saturated heterocycles. The predicted molar refractivity (Wildman–Crippen MR) is 58.7 cm³/mol. The number of aromatic amines is 1. The molecule has 0 aliphatic carbocycles. The first-order valence-corrected chi connectivity index (χ1v) is 5.30. The number of alkyl halides is 3. The largest absolute Gasteiger partial charge is 0.431 e. The molecule has 0 bridgehead atoms. The molecule has 2 rings (SSSR count). The van der Waals surface area contributed by atoms with Crippen molar-refractivity contribution in [3.05, 3.63) is 35.5 Å². The zero-order valence-electron chi connectivity index (χ0n) is 9.01. The van der Waals surface area contributed by atoms with E-state index >= 15 is 0 Å². The molecule has 0 unspecified atom stereocenters. The molecule has 0 aliphatic rings. The van der Waals surface area contributed by atoms with Crippen molar-refractivity contribution in [1.29, 1.82) is 0 Å². The second kappa shape index (κ2) is 4.41. The third-order valence-electron chi connectivity index (χ3n) is 2.61. The lowest BCUT2D eigenvalue weighted by atomic mass is 10.1. The van der Waals surface area contributed by atoms with Gasteiger partial charge >= 0.3 is 6.18 Å². The van der Waals surface area contributed by atoms with E-state index in [9.17, 15) is 13.2 Å². The van der Waals surface area contributed by atoms with Crippen molar-refractivity contribution in [2.45, 2.75) is 19.0 Å². The van der Waals surface area contributed by atoms with E-state index in [1.54, 1.807) is 18.2 Å². The Kier molecular flexibility index (Phi) is 3.11. The summed E-state index contributed by atoms with van der Waals surface area (Å²) in [4.78, 5) is 2.34. The van der Waals surface area contributed by atoms with Gasteiger partial charge in [-0.05, 0) is 36.6 Å². The Morgan fingerprint density at radius 2 is 1.94 bits per heavy atom. The van der Waals surface area contributed by atoms with Gasteiger partial charge in [0.1, 0.15) is 5.69 Å². The summed E-state index contributed by atoms with van der Waals surface area (Å²) in [5, 5.41) is 9.25. The summed E-state index contributed by atoms with van der Waals surface area (Å²) >= 11 is 0. The summed E-state index contributed by atoms with van der Waals surface area (Å²) in [7, 11) is 0. The highest BCUT2D eigenvalue weighted by molar-refractivity contribution is 5.81. The molecule has 0 amide bonds. The van der Waals surface area contributed by atoms with Crippen LogP contribution in [-0.4, -0.2) is 16.7 Å². The maximum Gasteiger partial charge on any atom is 0.431 e. The zero-order chi connectivity index (χ0) is 12.5. The molecule has 1 aromatic heterocycles. The molecule has 2 aromatic rings. The molecule has 0 atom stereocenters. The lowest BCUT2D eigenvalue weighted by molar-refractivity contribution is -0.140. The Labute approximate surface area is 96.1 Å². The Morgan fingerprint density at radius 1 is 1.18 bits per heavy atom. The number of H-pyrrole nitrogens is 1. The van der Waals surface area contributed by atoms with Crippen molar-refractivity contribution in [2.24, 2.45) is 0 Å². The zero-order valence-corrected chi connectivity index (χ0v) is 9.01. The second-order valence-electron chi connectivity index (χ2n) is 3.93. The molecule has 17 heavy (non-hydrogen) atoms. The Bertz CT molecular complexity index is 516. The van der Waals surface area contributed by atoms with E-state index in [4.69, 9.17) is 5.11 Å². The SMILES string of the molecule is OCCCc1ccc2[nH]c(C(F)(F)F)cc2c1. The van der Waals surface area contributed by atoms with E-state index in [0.717, 1.165) is 11.6 Å². The van der Waals surface area contributed by atoms with Gasteiger partial charge in [0.05, 0.1) is 0 Å². The maximum absolute atomic E-state index is 12.5. The monoisotopic (exact) mass is 243 g/mol. The van der Waals surface area contributed by atoms with Gasteiger partial charge in [0.2, 0.25) is 0 Å². The lowest BCUT2D eigenvalue weighted by Crippen LogP contribution is -2.04. The van der Waals surface area contributed by atoms with Crippen LogP contribution in [0.4, 0.5) is 13.2 Å². The number of hydrogen-bond acceptors (Lipinski definition) is 1. The molecule has 0 saturated carbocycles. The number of aliphatic hydroxyl groups is 1. The molecule has 1 heterocycles. The highest BCUT2D eigenvalue weighted by atomic mass is 19.4. The Hall–Kier alpha value is -1.49. The van der Waals surface area contributed by atoms with E-state index in [2.05, 4.69) is 4.98 Å². The molecular formula is C12H12F3NO. The van der Waals surface area contributed by atoms with E-state index in [0.29, 0.717) is 23.7 Å². The number of aromatic nitrogens is 1. The standard InChI is InChI=1S/C12H12F3NO/c13-12(14,15)11-7-9-6-8(2-1-5-17)3-4-10(9)16-11/h3-4,6-7,16-17H,1-2,5H2. The average Bonchev–Trinajstić information content (AvgIpc) is 2.68. The smallest absolute Gasteiger partial charge is 0.396 e. The Balaban J connectivity index is 2.34. The molecule has 5 heteroatoms. The van der Waals surface area contributed by atoms with Crippen LogP contribution in [0.1, 0.15) is 17.7 Å². The van der Waals surface area contributed by atoms with Crippen LogP contribution in [0.3, 0.4) is 0 Å². The normalized spacial score (nSPS) is 12.2. The first-order chi connectivity index (χ1) is 8.00. The van der Waals surface area contributed by atoms with Gasteiger partial charge in [-0.15, -0.1) is 0 Å². The van der Waals surface area contributed by atoms with Crippen LogP contribution < -0.4 is 0 Å². The van der Waals surface area contributed by atoms with Crippen molar-refractivity contribution < 1.29 is 18.3 Å². The number of fused-ring (bicyclic) bond motifs is 1. The third kappa shape index (κ3) is 2.61. The van der Waals surface area contributed by atoms with Gasteiger partial charge in [0.25, 0.3) is 0 Å². The summed E-state index contributed by atoms with van der Waals surface area (Å²) in [6.45, 7) is 0.0823. The number of nitrogens with one attached hydrogen (secondary N) is 1. The van der Waals surface area contributed by atoms with E-state index in [1.807, 2.05) is 0 Å². The summed E-state index contributed by atoms with van der Waals surface area (Å²) in [6.07, 6.45) is -3.06. The van der Waals surface area contributed by atoms with Crippen molar-refractivity contribution in [3.8, 4) is 0 Å². The molecule has 92 valence electrons. The van der Waals surface area contributed by atoms with Gasteiger partial charge in [0.15, 0.2) is 0 Å². The fourth-order valence-electron chi connectivity index (χ4n) is 1.77. The van der Waals surface area contributed by atoms with Gasteiger partial charge in [-0.1, -0.05) is 6.07 Å². The number of hydrogen-bond donors (Lipinski definition) is 2. The van der Waals surface area contributed by atoms with Crippen molar-refractivity contribution >= 4 is 10.9 Å².